The highest BCUT2D eigenvalue weighted by Gasteiger charge is 2.16. The molecular weight excluding hydrogens is 334 g/mol. The maximum absolute atomic E-state index is 11.1. The summed E-state index contributed by atoms with van der Waals surface area (Å²) in [7, 11) is 0. The van der Waals surface area contributed by atoms with Crippen LogP contribution in [0.15, 0.2) is 52.2 Å². The Morgan fingerprint density at radius 1 is 1.24 bits per heavy atom. The van der Waals surface area contributed by atoms with Gasteiger partial charge in [-0.3, -0.25) is 4.57 Å². The van der Waals surface area contributed by atoms with Gasteiger partial charge in [-0.25, -0.2) is 0 Å². The third-order valence-electron chi connectivity index (χ3n) is 3.79. The number of rotatable bonds is 8. The van der Waals surface area contributed by atoms with Gasteiger partial charge in [0, 0.05) is 17.7 Å². The summed E-state index contributed by atoms with van der Waals surface area (Å²) in [5.74, 6) is 2.75. The fraction of sp³-hybridized carbons (Fsp3) is 0.316. The number of carbonyl (C=O) groups excluding carboxylic acids is 1. The maximum Gasteiger partial charge on any atom is 0.191 e. The van der Waals surface area contributed by atoms with E-state index in [1.807, 2.05) is 24.3 Å². The normalized spacial score (nSPS) is 11.0. The highest BCUT2D eigenvalue weighted by molar-refractivity contribution is 7.99. The van der Waals surface area contributed by atoms with Crippen LogP contribution in [-0.4, -0.2) is 26.3 Å². The summed E-state index contributed by atoms with van der Waals surface area (Å²) >= 11 is 1.63. The van der Waals surface area contributed by atoms with Crippen LogP contribution in [0.4, 0.5) is 0 Å². The van der Waals surface area contributed by atoms with E-state index in [4.69, 9.17) is 4.42 Å². The Morgan fingerprint density at radius 3 is 2.84 bits per heavy atom. The number of ketones is 1. The van der Waals surface area contributed by atoms with Gasteiger partial charge in [0.1, 0.15) is 11.5 Å². The van der Waals surface area contributed by atoms with Crippen molar-refractivity contribution >= 4 is 17.5 Å². The first-order valence-corrected chi connectivity index (χ1v) is 9.27. The molecule has 0 atom stereocenters. The van der Waals surface area contributed by atoms with Crippen molar-refractivity contribution in [3.05, 3.63) is 54.0 Å². The van der Waals surface area contributed by atoms with E-state index in [9.17, 15) is 4.79 Å². The van der Waals surface area contributed by atoms with Crippen LogP contribution in [0.25, 0.3) is 11.4 Å². The number of thioether (sulfide) groups is 1. The van der Waals surface area contributed by atoms with Gasteiger partial charge in [0.15, 0.2) is 11.0 Å². The molecule has 0 N–H and O–H groups in total. The van der Waals surface area contributed by atoms with Crippen LogP contribution in [0.2, 0.25) is 0 Å². The lowest BCUT2D eigenvalue weighted by atomic mass is 10.1. The minimum atomic E-state index is 0.220. The molecule has 0 fully saturated rings. The van der Waals surface area contributed by atoms with Gasteiger partial charge in [0.2, 0.25) is 0 Å². The highest BCUT2D eigenvalue weighted by atomic mass is 32.2. The molecule has 25 heavy (non-hydrogen) atoms. The molecule has 0 saturated heterocycles. The van der Waals surface area contributed by atoms with Crippen LogP contribution in [0.1, 0.15) is 31.1 Å². The zero-order chi connectivity index (χ0) is 17.6. The molecule has 2 aromatic heterocycles. The average molecular weight is 355 g/mol. The lowest BCUT2D eigenvalue weighted by Gasteiger charge is -2.09. The summed E-state index contributed by atoms with van der Waals surface area (Å²) in [5, 5.41) is 9.62. The first-order valence-electron chi connectivity index (χ1n) is 8.28. The van der Waals surface area contributed by atoms with Crippen LogP contribution in [0.3, 0.4) is 0 Å². The van der Waals surface area contributed by atoms with Crippen LogP contribution >= 0.6 is 11.8 Å². The second-order valence-electron chi connectivity index (χ2n) is 6.00. The summed E-state index contributed by atoms with van der Waals surface area (Å²) in [4.78, 5) is 11.1. The Hall–Kier alpha value is -2.34. The number of Topliss-reactive ketones (excluding diaryl/α,β-unsaturated/α-hetero) is 1. The number of nitrogens with zero attached hydrogens (tertiary/aromatic N) is 3. The molecule has 0 radical (unpaired) electrons. The van der Waals surface area contributed by atoms with Crippen LogP contribution in [0.5, 0.6) is 0 Å². The zero-order valence-corrected chi connectivity index (χ0v) is 15.3. The highest BCUT2D eigenvalue weighted by Crippen LogP contribution is 2.26. The van der Waals surface area contributed by atoms with Crippen LogP contribution < -0.4 is 0 Å². The first kappa shape index (κ1) is 17.5. The standard InChI is InChI=1S/C19H21N3O2S/c1-14-6-3-8-16(12-14)18-20-21-19(25-11-5-7-15(2)23)22(18)13-17-9-4-10-24-17/h3-4,6,8-10,12H,5,7,11,13H2,1-2H3. The monoisotopic (exact) mass is 355 g/mol. The average Bonchev–Trinajstić information content (AvgIpc) is 3.22. The first-order chi connectivity index (χ1) is 12.1. The number of aromatic nitrogens is 3. The fourth-order valence-corrected chi connectivity index (χ4v) is 3.46. The van der Waals surface area contributed by atoms with E-state index in [-0.39, 0.29) is 5.78 Å². The Bertz CT molecular complexity index is 840. The van der Waals surface area contributed by atoms with Crippen molar-refractivity contribution in [2.75, 3.05) is 5.75 Å². The quantitative estimate of drug-likeness (QED) is 0.444. The van der Waals surface area contributed by atoms with Crippen molar-refractivity contribution in [1.29, 1.82) is 0 Å². The largest absolute Gasteiger partial charge is 0.467 e. The maximum atomic E-state index is 11.1. The Balaban J connectivity index is 1.85. The summed E-state index contributed by atoms with van der Waals surface area (Å²) in [5.41, 5.74) is 2.22. The molecule has 130 valence electrons. The van der Waals surface area contributed by atoms with Gasteiger partial charge in [-0.15, -0.1) is 10.2 Å². The third kappa shape index (κ3) is 4.60. The van der Waals surface area contributed by atoms with Gasteiger partial charge in [-0.2, -0.15) is 0 Å². The molecule has 0 saturated carbocycles. The smallest absolute Gasteiger partial charge is 0.191 e. The lowest BCUT2D eigenvalue weighted by Crippen LogP contribution is -2.04. The molecule has 5 nitrogen and oxygen atoms in total. The van der Waals surface area contributed by atoms with Crippen molar-refractivity contribution in [3.63, 3.8) is 0 Å². The van der Waals surface area contributed by atoms with E-state index < -0.39 is 0 Å². The fourth-order valence-electron chi connectivity index (χ4n) is 2.58. The molecule has 0 spiro atoms. The summed E-state index contributed by atoms with van der Waals surface area (Å²) in [6, 6.07) is 12.1. The number of carbonyl (C=O) groups is 1. The van der Waals surface area contributed by atoms with Gasteiger partial charge < -0.3 is 9.21 Å². The second kappa shape index (κ2) is 8.16. The molecule has 3 aromatic rings. The Labute approximate surface area is 151 Å². The number of hydrogen-bond donors (Lipinski definition) is 0. The van der Waals surface area contributed by atoms with Crippen molar-refractivity contribution in [2.45, 2.75) is 38.4 Å². The SMILES string of the molecule is CC(=O)CCCSc1nnc(-c2cccc(C)c2)n1Cc1ccco1. The molecule has 0 unspecified atom stereocenters. The van der Waals surface area contributed by atoms with Crippen LogP contribution in [0, 0.1) is 6.92 Å². The molecule has 0 aliphatic rings. The molecule has 2 heterocycles. The van der Waals surface area contributed by atoms with Crippen molar-refractivity contribution in [3.8, 4) is 11.4 Å². The minimum Gasteiger partial charge on any atom is -0.467 e. The minimum absolute atomic E-state index is 0.220. The van der Waals surface area contributed by atoms with Gasteiger partial charge >= 0.3 is 0 Å². The molecule has 3 rings (SSSR count). The summed E-state index contributed by atoms with van der Waals surface area (Å²) < 4.78 is 7.58. The second-order valence-corrected chi connectivity index (χ2v) is 7.06. The molecule has 6 heteroatoms. The van der Waals surface area contributed by atoms with E-state index in [2.05, 4.69) is 33.8 Å². The third-order valence-corrected chi connectivity index (χ3v) is 4.84. The molecule has 0 amide bonds. The van der Waals surface area contributed by atoms with E-state index in [0.717, 1.165) is 34.5 Å². The Kier molecular flexibility index (Phi) is 5.71. The van der Waals surface area contributed by atoms with Gasteiger partial charge in [-0.05, 0) is 38.5 Å². The van der Waals surface area contributed by atoms with Crippen molar-refractivity contribution < 1.29 is 9.21 Å². The summed E-state index contributed by atoms with van der Waals surface area (Å²) in [6.07, 6.45) is 3.11. The van der Waals surface area contributed by atoms with E-state index >= 15 is 0 Å². The van der Waals surface area contributed by atoms with E-state index in [1.54, 1.807) is 24.9 Å². The molecule has 0 bridgehead atoms. The van der Waals surface area contributed by atoms with Crippen molar-refractivity contribution in [1.82, 2.24) is 14.8 Å². The molecule has 0 aliphatic carbocycles. The van der Waals surface area contributed by atoms with Gasteiger partial charge in [0.05, 0.1) is 12.8 Å². The topological polar surface area (TPSA) is 60.9 Å². The molecular formula is C19H21N3O2S. The number of furan rings is 1. The number of aryl methyl sites for hydroxylation is 1. The zero-order valence-electron chi connectivity index (χ0n) is 14.4. The van der Waals surface area contributed by atoms with Gasteiger partial charge in [-0.1, -0.05) is 35.5 Å². The Morgan fingerprint density at radius 2 is 2.12 bits per heavy atom. The lowest BCUT2D eigenvalue weighted by molar-refractivity contribution is -0.117. The van der Waals surface area contributed by atoms with Crippen molar-refractivity contribution in [2.24, 2.45) is 0 Å². The van der Waals surface area contributed by atoms with E-state index in [0.29, 0.717) is 13.0 Å². The molecule has 1 aromatic carbocycles. The number of benzene rings is 1. The predicted molar refractivity (Wildman–Crippen MR) is 98.6 cm³/mol. The predicted octanol–water partition coefficient (Wildman–Crippen LogP) is 4.36. The summed E-state index contributed by atoms with van der Waals surface area (Å²) in [6.45, 7) is 4.27. The van der Waals surface area contributed by atoms with E-state index in [1.165, 1.54) is 5.56 Å². The number of hydrogen-bond acceptors (Lipinski definition) is 5. The van der Waals surface area contributed by atoms with Crippen LogP contribution in [-0.2, 0) is 11.3 Å². The molecule has 0 aliphatic heterocycles. The van der Waals surface area contributed by atoms with Gasteiger partial charge in [0.25, 0.3) is 0 Å².